The molecule has 1 aromatic carbocycles. The summed E-state index contributed by atoms with van der Waals surface area (Å²) in [5, 5.41) is 4.53. The SMILES string of the molecule is O=C(Nc1nscc1Cl)c1ccc(F)cc1. The third-order valence-corrected chi connectivity index (χ3v) is 2.91. The van der Waals surface area contributed by atoms with Crippen molar-refractivity contribution in [3.8, 4) is 0 Å². The molecule has 0 aliphatic rings. The third kappa shape index (κ3) is 2.37. The minimum Gasteiger partial charge on any atom is -0.304 e. The summed E-state index contributed by atoms with van der Waals surface area (Å²) < 4.78 is 16.5. The number of halogens is 2. The molecule has 3 nitrogen and oxygen atoms in total. The van der Waals surface area contributed by atoms with Crippen LogP contribution in [0.15, 0.2) is 29.6 Å². The number of hydrogen-bond acceptors (Lipinski definition) is 3. The molecule has 0 bridgehead atoms. The molecule has 1 amide bonds. The summed E-state index contributed by atoms with van der Waals surface area (Å²) in [4.78, 5) is 11.6. The van der Waals surface area contributed by atoms with Gasteiger partial charge in [0, 0.05) is 10.9 Å². The van der Waals surface area contributed by atoms with Crippen LogP contribution in [0.2, 0.25) is 5.02 Å². The predicted octanol–water partition coefficient (Wildman–Crippen LogP) is 3.19. The number of anilines is 1. The minimum absolute atomic E-state index is 0.320. The van der Waals surface area contributed by atoms with Crippen LogP contribution >= 0.6 is 23.1 Å². The Morgan fingerprint density at radius 1 is 1.38 bits per heavy atom. The molecule has 0 saturated heterocycles. The van der Waals surface area contributed by atoms with E-state index in [1.54, 1.807) is 5.38 Å². The number of rotatable bonds is 2. The van der Waals surface area contributed by atoms with E-state index >= 15 is 0 Å². The first kappa shape index (κ1) is 11.0. The van der Waals surface area contributed by atoms with Crippen LogP contribution in [-0.2, 0) is 0 Å². The highest BCUT2D eigenvalue weighted by Crippen LogP contribution is 2.22. The Bertz CT molecular complexity index is 512. The fraction of sp³-hybridized carbons (Fsp3) is 0. The maximum atomic E-state index is 12.6. The van der Waals surface area contributed by atoms with E-state index in [-0.39, 0.29) is 11.7 Å². The van der Waals surface area contributed by atoms with E-state index in [1.165, 1.54) is 24.3 Å². The monoisotopic (exact) mass is 256 g/mol. The predicted molar refractivity (Wildman–Crippen MR) is 61.5 cm³/mol. The van der Waals surface area contributed by atoms with Crippen molar-refractivity contribution in [3.05, 3.63) is 46.0 Å². The molecule has 0 unspecified atom stereocenters. The van der Waals surface area contributed by atoms with Crippen LogP contribution in [0.4, 0.5) is 10.2 Å². The summed E-state index contributed by atoms with van der Waals surface area (Å²) in [5.74, 6) is -0.433. The minimum atomic E-state index is -0.386. The van der Waals surface area contributed by atoms with Crippen LogP contribution in [0, 0.1) is 5.82 Å². The van der Waals surface area contributed by atoms with Gasteiger partial charge in [-0.25, -0.2) is 4.39 Å². The molecule has 0 atom stereocenters. The van der Waals surface area contributed by atoms with E-state index in [2.05, 4.69) is 9.69 Å². The first-order valence-corrected chi connectivity index (χ1v) is 5.55. The second kappa shape index (κ2) is 4.59. The van der Waals surface area contributed by atoms with E-state index in [4.69, 9.17) is 11.6 Å². The quantitative estimate of drug-likeness (QED) is 0.897. The van der Waals surface area contributed by atoms with Gasteiger partial charge in [-0.15, -0.1) is 0 Å². The summed E-state index contributed by atoms with van der Waals surface area (Å²) in [6.07, 6.45) is 0. The second-order valence-electron chi connectivity index (χ2n) is 2.97. The number of aromatic nitrogens is 1. The lowest BCUT2D eigenvalue weighted by Gasteiger charge is -2.02. The van der Waals surface area contributed by atoms with Gasteiger partial charge in [0.25, 0.3) is 5.91 Å². The highest BCUT2D eigenvalue weighted by Gasteiger charge is 2.10. The summed E-state index contributed by atoms with van der Waals surface area (Å²) >= 11 is 6.92. The standard InChI is InChI=1S/C10H6ClFN2OS/c11-8-5-16-14-9(8)13-10(15)6-1-3-7(12)4-2-6/h1-5H,(H,13,14,15). The molecule has 0 radical (unpaired) electrons. The van der Waals surface area contributed by atoms with Crippen LogP contribution in [0.1, 0.15) is 10.4 Å². The molecule has 1 N–H and O–H groups in total. The van der Waals surface area contributed by atoms with Gasteiger partial charge >= 0.3 is 0 Å². The van der Waals surface area contributed by atoms with Gasteiger partial charge in [0.15, 0.2) is 5.82 Å². The Labute approximate surface area is 100 Å². The van der Waals surface area contributed by atoms with Crippen LogP contribution < -0.4 is 5.32 Å². The van der Waals surface area contributed by atoms with Crippen LogP contribution in [0.25, 0.3) is 0 Å². The van der Waals surface area contributed by atoms with Gasteiger partial charge < -0.3 is 5.32 Å². The van der Waals surface area contributed by atoms with Gasteiger partial charge in [0.1, 0.15) is 5.82 Å². The molecule has 16 heavy (non-hydrogen) atoms. The summed E-state index contributed by atoms with van der Waals surface area (Å²) in [6, 6.07) is 5.23. The lowest BCUT2D eigenvalue weighted by molar-refractivity contribution is 0.102. The molecule has 1 heterocycles. The number of hydrogen-bond donors (Lipinski definition) is 1. The zero-order valence-corrected chi connectivity index (χ0v) is 9.48. The molecule has 1 aromatic heterocycles. The molecule has 0 aliphatic heterocycles. The molecule has 0 spiro atoms. The van der Waals surface area contributed by atoms with E-state index in [9.17, 15) is 9.18 Å². The van der Waals surface area contributed by atoms with E-state index in [1.807, 2.05) is 0 Å². The van der Waals surface area contributed by atoms with Gasteiger partial charge in [-0.3, -0.25) is 4.79 Å². The number of nitrogens with zero attached hydrogens (tertiary/aromatic N) is 1. The molecule has 2 rings (SSSR count). The van der Waals surface area contributed by atoms with Crippen molar-refractivity contribution in [3.63, 3.8) is 0 Å². The van der Waals surface area contributed by atoms with Gasteiger partial charge in [-0.1, -0.05) is 11.6 Å². The average molecular weight is 257 g/mol. The molecular weight excluding hydrogens is 251 g/mol. The molecule has 6 heteroatoms. The number of carbonyl (C=O) groups is 1. The largest absolute Gasteiger partial charge is 0.304 e. The van der Waals surface area contributed by atoms with Gasteiger partial charge in [0.05, 0.1) is 5.02 Å². The van der Waals surface area contributed by atoms with Crippen LogP contribution in [-0.4, -0.2) is 10.3 Å². The highest BCUT2D eigenvalue weighted by molar-refractivity contribution is 7.04. The Morgan fingerprint density at radius 3 is 2.62 bits per heavy atom. The Hall–Kier alpha value is -1.46. The molecule has 0 aliphatic carbocycles. The topological polar surface area (TPSA) is 42.0 Å². The van der Waals surface area contributed by atoms with Crippen molar-refractivity contribution in [1.82, 2.24) is 4.37 Å². The van der Waals surface area contributed by atoms with E-state index < -0.39 is 0 Å². The highest BCUT2D eigenvalue weighted by atomic mass is 35.5. The normalized spacial score (nSPS) is 10.1. The first-order chi connectivity index (χ1) is 7.66. The Balaban J connectivity index is 2.15. The Morgan fingerprint density at radius 2 is 2.06 bits per heavy atom. The zero-order valence-electron chi connectivity index (χ0n) is 7.91. The van der Waals surface area contributed by atoms with E-state index in [0.29, 0.717) is 16.4 Å². The Kier molecular flexibility index (Phi) is 3.17. The van der Waals surface area contributed by atoms with Crippen molar-refractivity contribution < 1.29 is 9.18 Å². The number of carbonyl (C=O) groups excluding carboxylic acids is 1. The fourth-order valence-electron chi connectivity index (χ4n) is 1.09. The summed E-state index contributed by atoms with van der Waals surface area (Å²) in [5.41, 5.74) is 0.352. The third-order valence-electron chi connectivity index (χ3n) is 1.86. The molecule has 0 fully saturated rings. The van der Waals surface area contributed by atoms with Crippen LogP contribution in [0.5, 0.6) is 0 Å². The lowest BCUT2D eigenvalue weighted by Crippen LogP contribution is -2.12. The van der Waals surface area contributed by atoms with Crippen molar-refractivity contribution >= 4 is 34.9 Å². The second-order valence-corrected chi connectivity index (χ2v) is 4.01. The maximum Gasteiger partial charge on any atom is 0.256 e. The molecular formula is C10H6ClFN2OS. The van der Waals surface area contributed by atoms with Crippen molar-refractivity contribution in [1.29, 1.82) is 0 Å². The van der Waals surface area contributed by atoms with Crippen LogP contribution in [0.3, 0.4) is 0 Å². The van der Waals surface area contributed by atoms with Crippen molar-refractivity contribution in [2.24, 2.45) is 0 Å². The number of amides is 1. The van der Waals surface area contributed by atoms with Gasteiger partial charge in [0.2, 0.25) is 0 Å². The average Bonchev–Trinajstić information content (AvgIpc) is 2.65. The lowest BCUT2D eigenvalue weighted by atomic mass is 10.2. The summed E-state index contributed by atoms with van der Waals surface area (Å²) in [7, 11) is 0. The smallest absolute Gasteiger partial charge is 0.256 e. The molecule has 82 valence electrons. The first-order valence-electron chi connectivity index (χ1n) is 4.33. The van der Waals surface area contributed by atoms with Crippen molar-refractivity contribution in [2.45, 2.75) is 0 Å². The fourth-order valence-corrected chi connectivity index (χ4v) is 1.85. The molecule has 0 saturated carbocycles. The van der Waals surface area contributed by atoms with Gasteiger partial charge in [-0.05, 0) is 35.8 Å². The number of nitrogens with one attached hydrogen (secondary N) is 1. The van der Waals surface area contributed by atoms with Gasteiger partial charge in [-0.2, -0.15) is 4.37 Å². The zero-order chi connectivity index (χ0) is 11.5. The van der Waals surface area contributed by atoms with E-state index in [0.717, 1.165) is 11.5 Å². The number of benzene rings is 1. The molecule has 2 aromatic rings. The van der Waals surface area contributed by atoms with Crippen molar-refractivity contribution in [2.75, 3.05) is 5.32 Å². The summed E-state index contributed by atoms with van der Waals surface area (Å²) in [6.45, 7) is 0. The maximum absolute atomic E-state index is 12.6.